The second kappa shape index (κ2) is 13.0. The molecule has 0 saturated heterocycles. The van der Waals surface area contributed by atoms with E-state index in [0.717, 1.165) is 31.4 Å². The van der Waals surface area contributed by atoms with Gasteiger partial charge in [-0.1, -0.05) is 42.9 Å². The molecule has 0 spiro atoms. The van der Waals surface area contributed by atoms with Gasteiger partial charge < -0.3 is 9.47 Å². The van der Waals surface area contributed by atoms with E-state index in [4.69, 9.17) is 9.47 Å². The number of allylic oxidation sites excluding steroid dienone is 2. The summed E-state index contributed by atoms with van der Waals surface area (Å²) in [5.74, 6) is 6.86. The van der Waals surface area contributed by atoms with E-state index in [2.05, 4.69) is 61.6 Å². The molecule has 0 saturated carbocycles. The third-order valence-corrected chi connectivity index (χ3v) is 5.44. The van der Waals surface area contributed by atoms with Crippen LogP contribution < -0.4 is 4.74 Å². The Morgan fingerprint density at radius 3 is 2.71 bits per heavy atom. The normalized spacial score (nSPS) is 12.3. The van der Waals surface area contributed by atoms with Crippen LogP contribution in [0.25, 0.3) is 11.1 Å². The third-order valence-electron chi connectivity index (χ3n) is 4.76. The van der Waals surface area contributed by atoms with Crippen molar-refractivity contribution >= 4 is 17.3 Å². The number of hydrogen-bond acceptors (Lipinski definition) is 4. The predicted octanol–water partition coefficient (Wildman–Crippen LogP) is 7.14. The molecule has 1 heterocycles. The minimum absolute atomic E-state index is 0.0145. The van der Waals surface area contributed by atoms with Gasteiger partial charge in [-0.25, -0.2) is 0 Å². The molecule has 0 fully saturated rings. The standard InChI is InChI=1S/C27H34O3S/c1-27(2,3)17-9-5-7-12-22(26(28)29-4)13-8-6-10-18-30-25-15-11-14-23(20-25)24-16-19-31-21-24/h5,7,11,14-16,19-22H,6,8,10,12-13,18H2,1-4H3. The van der Waals surface area contributed by atoms with Gasteiger partial charge in [0.1, 0.15) is 5.75 Å². The Hall–Kier alpha value is -2.51. The van der Waals surface area contributed by atoms with Gasteiger partial charge in [-0.05, 0) is 86.2 Å². The Balaban J connectivity index is 1.70. The SMILES string of the molecule is COC(=O)C(CC=CC#CC(C)(C)C)CCCCCOc1cccc(-c2ccsc2)c1. The number of thiophene rings is 1. The minimum atomic E-state index is -0.144. The molecule has 166 valence electrons. The Bertz CT molecular complexity index is 879. The molecule has 2 aromatic rings. The second-order valence-corrected chi connectivity index (χ2v) is 9.40. The van der Waals surface area contributed by atoms with Crippen molar-refractivity contribution in [2.45, 2.75) is 52.9 Å². The number of esters is 1. The van der Waals surface area contributed by atoms with Crippen LogP contribution in [0.3, 0.4) is 0 Å². The monoisotopic (exact) mass is 438 g/mol. The van der Waals surface area contributed by atoms with Gasteiger partial charge in [0.25, 0.3) is 0 Å². The minimum Gasteiger partial charge on any atom is -0.494 e. The van der Waals surface area contributed by atoms with Crippen molar-refractivity contribution in [1.82, 2.24) is 0 Å². The number of methoxy groups -OCH3 is 1. The molecule has 0 aliphatic carbocycles. The summed E-state index contributed by atoms with van der Waals surface area (Å²) in [7, 11) is 1.45. The van der Waals surface area contributed by atoms with Crippen molar-refractivity contribution in [3.63, 3.8) is 0 Å². The van der Waals surface area contributed by atoms with E-state index in [9.17, 15) is 4.79 Å². The quantitative estimate of drug-likeness (QED) is 0.212. The van der Waals surface area contributed by atoms with Crippen molar-refractivity contribution in [2.24, 2.45) is 11.3 Å². The first-order chi connectivity index (χ1) is 14.9. The zero-order chi connectivity index (χ0) is 22.5. The molecule has 0 aliphatic rings. The highest BCUT2D eigenvalue weighted by atomic mass is 32.1. The van der Waals surface area contributed by atoms with Crippen molar-refractivity contribution in [3.05, 3.63) is 53.2 Å². The van der Waals surface area contributed by atoms with Crippen LogP contribution in [0.1, 0.15) is 52.9 Å². The van der Waals surface area contributed by atoms with Gasteiger partial charge in [0.05, 0.1) is 19.6 Å². The highest BCUT2D eigenvalue weighted by Crippen LogP contribution is 2.26. The van der Waals surface area contributed by atoms with Crippen LogP contribution in [0, 0.1) is 23.2 Å². The van der Waals surface area contributed by atoms with Gasteiger partial charge >= 0.3 is 5.97 Å². The number of carbonyl (C=O) groups excluding carboxylic acids is 1. The fraction of sp³-hybridized carbons (Fsp3) is 0.444. The highest BCUT2D eigenvalue weighted by Gasteiger charge is 2.17. The van der Waals surface area contributed by atoms with Crippen LogP contribution in [0.4, 0.5) is 0 Å². The van der Waals surface area contributed by atoms with Gasteiger partial charge in [0.2, 0.25) is 0 Å². The molecule has 31 heavy (non-hydrogen) atoms. The number of hydrogen-bond donors (Lipinski definition) is 0. The van der Waals surface area contributed by atoms with E-state index >= 15 is 0 Å². The lowest BCUT2D eigenvalue weighted by Crippen LogP contribution is -2.15. The van der Waals surface area contributed by atoms with Crippen LogP contribution in [-0.4, -0.2) is 19.7 Å². The lowest BCUT2D eigenvalue weighted by atomic mass is 9.97. The summed E-state index contributed by atoms with van der Waals surface area (Å²) < 4.78 is 10.9. The molecule has 3 nitrogen and oxygen atoms in total. The Kier molecular flexibility index (Phi) is 10.4. The molecule has 1 unspecified atom stereocenters. The first-order valence-electron chi connectivity index (χ1n) is 10.9. The van der Waals surface area contributed by atoms with Crippen molar-refractivity contribution < 1.29 is 14.3 Å². The van der Waals surface area contributed by atoms with Crippen LogP contribution in [-0.2, 0) is 9.53 Å². The summed E-state index contributed by atoms with van der Waals surface area (Å²) in [5.41, 5.74) is 2.39. The summed E-state index contributed by atoms with van der Waals surface area (Å²) in [6.07, 6.45) is 8.26. The number of ether oxygens (including phenoxy) is 2. The Morgan fingerprint density at radius 1 is 1.16 bits per heavy atom. The molecule has 1 atom stereocenters. The molecule has 4 heteroatoms. The van der Waals surface area contributed by atoms with Gasteiger partial charge in [-0.2, -0.15) is 11.3 Å². The van der Waals surface area contributed by atoms with E-state index in [0.29, 0.717) is 13.0 Å². The van der Waals surface area contributed by atoms with Crippen LogP contribution >= 0.6 is 11.3 Å². The predicted molar refractivity (Wildman–Crippen MR) is 130 cm³/mol. The molecule has 0 N–H and O–H groups in total. The topological polar surface area (TPSA) is 35.5 Å². The Morgan fingerprint density at radius 2 is 2.00 bits per heavy atom. The Labute approximate surface area is 191 Å². The fourth-order valence-corrected chi connectivity index (χ4v) is 3.77. The van der Waals surface area contributed by atoms with Crippen molar-refractivity contribution in [3.8, 4) is 28.7 Å². The van der Waals surface area contributed by atoms with Crippen molar-refractivity contribution in [2.75, 3.05) is 13.7 Å². The zero-order valence-electron chi connectivity index (χ0n) is 19.1. The first-order valence-corrected chi connectivity index (χ1v) is 11.8. The molecule has 0 radical (unpaired) electrons. The smallest absolute Gasteiger partial charge is 0.308 e. The molecule has 0 aliphatic heterocycles. The van der Waals surface area contributed by atoms with Gasteiger partial charge in [0, 0.05) is 5.41 Å². The van der Waals surface area contributed by atoms with Gasteiger partial charge in [-0.15, -0.1) is 0 Å². The number of benzene rings is 1. The average Bonchev–Trinajstić information content (AvgIpc) is 3.28. The number of carbonyl (C=O) groups is 1. The number of rotatable bonds is 11. The zero-order valence-corrected chi connectivity index (χ0v) is 20.0. The van der Waals surface area contributed by atoms with Crippen molar-refractivity contribution in [1.29, 1.82) is 0 Å². The summed E-state index contributed by atoms with van der Waals surface area (Å²) in [6, 6.07) is 10.3. The summed E-state index contributed by atoms with van der Waals surface area (Å²) in [4.78, 5) is 12.1. The molecule has 0 amide bonds. The molecule has 0 bridgehead atoms. The van der Waals surface area contributed by atoms with E-state index in [1.165, 1.54) is 18.2 Å². The molecule has 2 rings (SSSR count). The van der Waals surface area contributed by atoms with Gasteiger partial charge in [-0.3, -0.25) is 4.79 Å². The maximum Gasteiger partial charge on any atom is 0.308 e. The fourth-order valence-electron chi connectivity index (χ4n) is 3.10. The van der Waals surface area contributed by atoms with Gasteiger partial charge in [0.15, 0.2) is 0 Å². The maximum atomic E-state index is 12.1. The lowest BCUT2D eigenvalue weighted by Gasteiger charge is -2.12. The summed E-state index contributed by atoms with van der Waals surface area (Å²) >= 11 is 1.70. The number of unbranched alkanes of at least 4 members (excludes halogenated alkanes) is 2. The summed E-state index contributed by atoms with van der Waals surface area (Å²) in [6.45, 7) is 6.91. The highest BCUT2D eigenvalue weighted by molar-refractivity contribution is 7.08. The van der Waals surface area contributed by atoms with Crippen LogP contribution in [0.5, 0.6) is 5.75 Å². The first kappa shape index (κ1) is 24.8. The molecular formula is C27H34O3S. The van der Waals surface area contributed by atoms with E-state index in [1.807, 2.05) is 24.3 Å². The van der Waals surface area contributed by atoms with Crippen LogP contribution in [0.15, 0.2) is 53.2 Å². The third kappa shape index (κ3) is 9.89. The maximum absolute atomic E-state index is 12.1. The van der Waals surface area contributed by atoms with E-state index in [-0.39, 0.29) is 17.3 Å². The summed E-state index contributed by atoms with van der Waals surface area (Å²) in [5, 5.41) is 4.22. The second-order valence-electron chi connectivity index (χ2n) is 8.62. The van der Waals surface area contributed by atoms with E-state index in [1.54, 1.807) is 11.3 Å². The largest absolute Gasteiger partial charge is 0.494 e. The van der Waals surface area contributed by atoms with Crippen LogP contribution in [0.2, 0.25) is 0 Å². The lowest BCUT2D eigenvalue weighted by molar-refractivity contribution is -0.145. The van der Waals surface area contributed by atoms with E-state index < -0.39 is 0 Å². The average molecular weight is 439 g/mol. The molecule has 1 aromatic heterocycles. The molecule has 1 aromatic carbocycles. The molecular weight excluding hydrogens is 404 g/mol.